The number of carbonyl (C=O) groups excluding carboxylic acids is 1. The van der Waals surface area contributed by atoms with Gasteiger partial charge in [0, 0.05) is 5.56 Å². The Balaban J connectivity index is 2.55. The molecule has 2 nitrogen and oxygen atoms in total. The fourth-order valence-corrected chi connectivity index (χ4v) is 1.87. The molecule has 16 heavy (non-hydrogen) atoms. The third-order valence-corrected chi connectivity index (χ3v) is 3.00. The van der Waals surface area contributed by atoms with Crippen LogP contribution in [0.25, 0.3) is 5.57 Å². The molecular formula is C14H14O2. The number of allylic oxidation sites excluding steroid dienone is 4. The van der Waals surface area contributed by atoms with Crippen molar-refractivity contribution in [2.75, 3.05) is 7.11 Å². The van der Waals surface area contributed by atoms with Gasteiger partial charge in [-0.25, -0.2) is 0 Å². The lowest BCUT2D eigenvalue weighted by molar-refractivity contribution is 0.105. The standard InChI is InChI=1S/C14H14O2/c1-9(10(2)16-3)13-8-14(15)12-7-5-4-6-11(12)13/h4-8H,1-3H3/b10-9+. The van der Waals surface area contributed by atoms with E-state index in [1.807, 2.05) is 38.1 Å². The zero-order chi connectivity index (χ0) is 11.7. The molecule has 0 radical (unpaired) electrons. The molecule has 0 unspecified atom stereocenters. The van der Waals surface area contributed by atoms with Crippen LogP contribution in [0.5, 0.6) is 0 Å². The maximum Gasteiger partial charge on any atom is 0.187 e. The van der Waals surface area contributed by atoms with Crippen LogP contribution in [0.3, 0.4) is 0 Å². The van der Waals surface area contributed by atoms with Gasteiger partial charge >= 0.3 is 0 Å². The van der Waals surface area contributed by atoms with Gasteiger partial charge < -0.3 is 4.74 Å². The Bertz CT molecular complexity index is 507. The number of rotatable bonds is 2. The highest BCUT2D eigenvalue weighted by molar-refractivity contribution is 6.18. The number of hydrogen-bond acceptors (Lipinski definition) is 2. The van der Waals surface area contributed by atoms with Gasteiger partial charge in [0.1, 0.15) is 0 Å². The van der Waals surface area contributed by atoms with E-state index in [9.17, 15) is 4.79 Å². The van der Waals surface area contributed by atoms with E-state index >= 15 is 0 Å². The predicted octanol–water partition coefficient (Wildman–Crippen LogP) is 3.21. The highest BCUT2D eigenvalue weighted by Gasteiger charge is 2.22. The van der Waals surface area contributed by atoms with Gasteiger partial charge in [-0.1, -0.05) is 24.3 Å². The summed E-state index contributed by atoms with van der Waals surface area (Å²) in [4.78, 5) is 11.8. The minimum absolute atomic E-state index is 0.0776. The van der Waals surface area contributed by atoms with E-state index in [-0.39, 0.29) is 5.78 Å². The molecule has 1 aromatic carbocycles. The van der Waals surface area contributed by atoms with E-state index in [0.717, 1.165) is 28.0 Å². The predicted molar refractivity (Wildman–Crippen MR) is 64.1 cm³/mol. The third-order valence-electron chi connectivity index (χ3n) is 3.00. The van der Waals surface area contributed by atoms with Crippen LogP contribution in [0.15, 0.2) is 41.7 Å². The average molecular weight is 214 g/mol. The number of fused-ring (bicyclic) bond motifs is 1. The van der Waals surface area contributed by atoms with Crippen LogP contribution in [0.1, 0.15) is 29.8 Å². The summed E-state index contributed by atoms with van der Waals surface area (Å²) in [6, 6.07) is 7.66. The van der Waals surface area contributed by atoms with Crippen molar-refractivity contribution in [1.29, 1.82) is 0 Å². The number of ether oxygens (including phenoxy) is 1. The zero-order valence-corrected chi connectivity index (χ0v) is 9.70. The summed E-state index contributed by atoms with van der Waals surface area (Å²) < 4.78 is 5.20. The number of benzene rings is 1. The molecule has 2 rings (SSSR count). The first-order chi connectivity index (χ1) is 7.65. The van der Waals surface area contributed by atoms with Gasteiger partial charge in [0.15, 0.2) is 5.78 Å². The van der Waals surface area contributed by atoms with Gasteiger partial charge in [-0.15, -0.1) is 0 Å². The van der Waals surface area contributed by atoms with Gasteiger partial charge in [-0.05, 0) is 36.6 Å². The molecule has 0 atom stereocenters. The van der Waals surface area contributed by atoms with E-state index in [2.05, 4.69) is 0 Å². The number of hydrogen-bond donors (Lipinski definition) is 0. The Labute approximate surface area is 95.2 Å². The Morgan fingerprint density at radius 1 is 1.12 bits per heavy atom. The van der Waals surface area contributed by atoms with Crippen molar-refractivity contribution >= 4 is 11.4 Å². The fourth-order valence-electron chi connectivity index (χ4n) is 1.87. The van der Waals surface area contributed by atoms with Crippen molar-refractivity contribution in [1.82, 2.24) is 0 Å². The summed E-state index contributed by atoms with van der Waals surface area (Å²) in [7, 11) is 1.64. The second kappa shape index (κ2) is 3.97. The lowest BCUT2D eigenvalue weighted by Gasteiger charge is -2.08. The maximum atomic E-state index is 11.8. The lowest BCUT2D eigenvalue weighted by Crippen LogP contribution is -1.92. The van der Waals surface area contributed by atoms with Crippen LogP contribution < -0.4 is 0 Å². The van der Waals surface area contributed by atoms with Crippen molar-refractivity contribution in [3.8, 4) is 0 Å². The second-order valence-corrected chi connectivity index (χ2v) is 3.85. The van der Waals surface area contributed by atoms with Crippen molar-refractivity contribution in [2.45, 2.75) is 13.8 Å². The largest absolute Gasteiger partial charge is 0.501 e. The second-order valence-electron chi connectivity index (χ2n) is 3.85. The Kier molecular flexibility index (Phi) is 2.65. The zero-order valence-electron chi connectivity index (χ0n) is 9.70. The Morgan fingerprint density at radius 2 is 1.75 bits per heavy atom. The Hall–Kier alpha value is -1.83. The lowest BCUT2D eigenvalue weighted by atomic mass is 9.99. The molecule has 1 aliphatic rings. The molecule has 2 heteroatoms. The quantitative estimate of drug-likeness (QED) is 0.706. The number of methoxy groups -OCH3 is 1. The molecule has 1 aromatic rings. The summed E-state index contributed by atoms with van der Waals surface area (Å²) in [5, 5.41) is 0. The highest BCUT2D eigenvalue weighted by Crippen LogP contribution is 2.33. The van der Waals surface area contributed by atoms with E-state index in [1.54, 1.807) is 13.2 Å². The summed E-state index contributed by atoms with van der Waals surface area (Å²) in [6.07, 6.45) is 1.68. The fraction of sp³-hybridized carbons (Fsp3) is 0.214. The van der Waals surface area contributed by atoms with E-state index in [1.165, 1.54) is 0 Å². The van der Waals surface area contributed by atoms with Gasteiger partial charge in [-0.2, -0.15) is 0 Å². The molecular weight excluding hydrogens is 200 g/mol. The molecule has 0 spiro atoms. The van der Waals surface area contributed by atoms with Crippen LogP contribution in [0.2, 0.25) is 0 Å². The minimum atomic E-state index is 0.0776. The maximum absolute atomic E-state index is 11.8. The summed E-state index contributed by atoms with van der Waals surface area (Å²) in [5.41, 5.74) is 3.77. The molecule has 0 heterocycles. The number of carbonyl (C=O) groups is 1. The molecule has 0 bridgehead atoms. The first-order valence-electron chi connectivity index (χ1n) is 5.22. The molecule has 0 fully saturated rings. The van der Waals surface area contributed by atoms with Crippen molar-refractivity contribution in [2.24, 2.45) is 0 Å². The molecule has 1 aliphatic carbocycles. The van der Waals surface area contributed by atoms with Gasteiger partial charge in [0.05, 0.1) is 12.9 Å². The minimum Gasteiger partial charge on any atom is -0.501 e. The van der Waals surface area contributed by atoms with Gasteiger partial charge in [-0.3, -0.25) is 4.79 Å². The topological polar surface area (TPSA) is 26.3 Å². The number of ketones is 1. The van der Waals surface area contributed by atoms with Gasteiger partial charge in [0.25, 0.3) is 0 Å². The van der Waals surface area contributed by atoms with Crippen molar-refractivity contribution < 1.29 is 9.53 Å². The summed E-state index contributed by atoms with van der Waals surface area (Å²) >= 11 is 0. The third kappa shape index (κ3) is 1.56. The molecule has 0 aromatic heterocycles. The molecule has 82 valence electrons. The SMILES string of the molecule is CO/C(C)=C(\C)C1=CC(=O)c2ccccc21. The normalized spacial score (nSPS) is 15.4. The average Bonchev–Trinajstić information content (AvgIpc) is 2.65. The molecule has 0 aliphatic heterocycles. The molecule has 0 saturated carbocycles. The van der Waals surface area contributed by atoms with Gasteiger partial charge in [0.2, 0.25) is 0 Å². The van der Waals surface area contributed by atoms with Crippen LogP contribution in [0.4, 0.5) is 0 Å². The Morgan fingerprint density at radius 3 is 2.38 bits per heavy atom. The highest BCUT2D eigenvalue weighted by atomic mass is 16.5. The van der Waals surface area contributed by atoms with Crippen LogP contribution in [-0.2, 0) is 4.74 Å². The van der Waals surface area contributed by atoms with E-state index < -0.39 is 0 Å². The molecule has 0 amide bonds. The summed E-state index contributed by atoms with van der Waals surface area (Å²) in [5.74, 6) is 0.921. The monoisotopic (exact) mass is 214 g/mol. The van der Waals surface area contributed by atoms with Crippen LogP contribution >= 0.6 is 0 Å². The molecule has 0 N–H and O–H groups in total. The van der Waals surface area contributed by atoms with E-state index in [4.69, 9.17) is 4.74 Å². The van der Waals surface area contributed by atoms with Crippen LogP contribution in [-0.4, -0.2) is 12.9 Å². The van der Waals surface area contributed by atoms with Crippen molar-refractivity contribution in [3.63, 3.8) is 0 Å². The van der Waals surface area contributed by atoms with Crippen molar-refractivity contribution in [3.05, 3.63) is 52.8 Å². The first-order valence-corrected chi connectivity index (χ1v) is 5.22. The van der Waals surface area contributed by atoms with Crippen LogP contribution in [0, 0.1) is 0 Å². The first kappa shape index (κ1) is 10.7. The smallest absolute Gasteiger partial charge is 0.187 e. The van der Waals surface area contributed by atoms with E-state index in [0.29, 0.717) is 0 Å². The molecule has 0 saturated heterocycles. The summed E-state index contributed by atoms with van der Waals surface area (Å²) in [6.45, 7) is 3.88.